The maximum atomic E-state index is 5.70. The summed E-state index contributed by atoms with van der Waals surface area (Å²) >= 11 is 0. The third kappa shape index (κ3) is 1.93. The molecule has 0 saturated heterocycles. The molecule has 1 aromatic carbocycles. The molecule has 3 heterocycles. The second kappa shape index (κ2) is 4.67. The molecular weight excluding hydrogens is 248 g/mol. The largest absolute Gasteiger partial charge is 0.493 e. The highest BCUT2D eigenvalue weighted by molar-refractivity contribution is 5.41. The van der Waals surface area contributed by atoms with Gasteiger partial charge >= 0.3 is 0 Å². The number of rotatable bonds is 2. The molecule has 0 bridgehead atoms. The normalized spacial score (nSPS) is 19.2. The number of H-pyrrole nitrogens is 1. The van der Waals surface area contributed by atoms with Gasteiger partial charge < -0.3 is 9.72 Å². The van der Waals surface area contributed by atoms with Crippen LogP contribution in [0.5, 0.6) is 5.75 Å². The minimum absolute atomic E-state index is 0.438. The molecule has 104 valence electrons. The van der Waals surface area contributed by atoms with Gasteiger partial charge in [-0.05, 0) is 41.7 Å². The lowest BCUT2D eigenvalue weighted by molar-refractivity contribution is 0.192. The standard InChI is InChI=1S/C17H20N2O/c1-12(14-3-2-13-5-7-20-17(13)8-14)19-6-4-15-9-18-10-16(15)11-19/h2-3,8-10,12,18H,4-7,11H2,1H3. The molecule has 20 heavy (non-hydrogen) atoms. The molecule has 0 saturated carbocycles. The van der Waals surface area contributed by atoms with Gasteiger partial charge in [-0.1, -0.05) is 12.1 Å². The summed E-state index contributed by atoms with van der Waals surface area (Å²) in [5, 5.41) is 0. The van der Waals surface area contributed by atoms with Gasteiger partial charge in [0.05, 0.1) is 6.61 Å². The average Bonchev–Trinajstić information content (AvgIpc) is 3.13. The minimum atomic E-state index is 0.438. The van der Waals surface area contributed by atoms with E-state index in [1.807, 2.05) is 0 Å². The molecule has 3 heteroatoms. The minimum Gasteiger partial charge on any atom is -0.493 e. The van der Waals surface area contributed by atoms with Gasteiger partial charge in [0.2, 0.25) is 0 Å². The van der Waals surface area contributed by atoms with Crippen molar-refractivity contribution in [3.8, 4) is 5.75 Å². The highest BCUT2D eigenvalue weighted by Gasteiger charge is 2.23. The summed E-state index contributed by atoms with van der Waals surface area (Å²) in [7, 11) is 0. The summed E-state index contributed by atoms with van der Waals surface area (Å²) in [4.78, 5) is 5.78. The molecule has 1 atom stereocenters. The smallest absolute Gasteiger partial charge is 0.122 e. The van der Waals surface area contributed by atoms with Crippen molar-refractivity contribution in [2.75, 3.05) is 13.2 Å². The molecule has 2 aliphatic heterocycles. The first-order chi connectivity index (χ1) is 9.81. The lowest BCUT2D eigenvalue weighted by Crippen LogP contribution is -2.32. The SMILES string of the molecule is CC(c1ccc2c(c1)OCC2)N1CCc2c[nH]cc2C1. The summed E-state index contributed by atoms with van der Waals surface area (Å²) < 4.78 is 5.70. The van der Waals surface area contributed by atoms with E-state index in [-0.39, 0.29) is 0 Å². The zero-order chi connectivity index (χ0) is 13.5. The highest BCUT2D eigenvalue weighted by Crippen LogP contribution is 2.32. The van der Waals surface area contributed by atoms with Gasteiger partial charge in [-0.3, -0.25) is 4.90 Å². The van der Waals surface area contributed by atoms with Crippen LogP contribution in [0.2, 0.25) is 0 Å². The molecule has 0 radical (unpaired) electrons. The molecule has 1 unspecified atom stereocenters. The van der Waals surface area contributed by atoms with Crippen LogP contribution in [0.4, 0.5) is 0 Å². The first-order valence-corrected chi connectivity index (χ1v) is 7.45. The Hall–Kier alpha value is -1.74. The molecule has 0 spiro atoms. The van der Waals surface area contributed by atoms with Crippen LogP contribution in [0.25, 0.3) is 0 Å². The Bertz CT molecular complexity index is 632. The van der Waals surface area contributed by atoms with E-state index in [0.29, 0.717) is 6.04 Å². The number of aromatic amines is 1. The molecule has 1 aromatic heterocycles. The Morgan fingerprint density at radius 1 is 1.15 bits per heavy atom. The van der Waals surface area contributed by atoms with Crippen molar-refractivity contribution in [2.45, 2.75) is 32.4 Å². The predicted molar refractivity (Wildman–Crippen MR) is 79.0 cm³/mol. The van der Waals surface area contributed by atoms with Crippen LogP contribution < -0.4 is 4.74 Å². The second-order valence-corrected chi connectivity index (χ2v) is 5.87. The first-order valence-electron chi connectivity index (χ1n) is 7.45. The summed E-state index contributed by atoms with van der Waals surface area (Å²) in [5.41, 5.74) is 5.64. The van der Waals surface area contributed by atoms with Crippen molar-refractivity contribution in [2.24, 2.45) is 0 Å². The van der Waals surface area contributed by atoms with Gasteiger partial charge in [0.25, 0.3) is 0 Å². The number of hydrogen-bond acceptors (Lipinski definition) is 2. The van der Waals surface area contributed by atoms with Crippen molar-refractivity contribution >= 4 is 0 Å². The van der Waals surface area contributed by atoms with Gasteiger partial charge in [0.1, 0.15) is 5.75 Å². The zero-order valence-corrected chi connectivity index (χ0v) is 11.9. The fourth-order valence-electron chi connectivity index (χ4n) is 3.35. The van der Waals surface area contributed by atoms with Crippen molar-refractivity contribution in [3.63, 3.8) is 0 Å². The predicted octanol–water partition coefficient (Wildman–Crippen LogP) is 3.07. The monoisotopic (exact) mass is 268 g/mol. The van der Waals surface area contributed by atoms with Crippen LogP contribution >= 0.6 is 0 Å². The van der Waals surface area contributed by atoms with Gasteiger partial charge in [-0.25, -0.2) is 0 Å². The van der Waals surface area contributed by atoms with E-state index in [1.54, 1.807) is 0 Å². The van der Waals surface area contributed by atoms with Gasteiger partial charge in [0, 0.05) is 37.9 Å². The topological polar surface area (TPSA) is 28.3 Å². The number of nitrogens with one attached hydrogen (secondary N) is 1. The second-order valence-electron chi connectivity index (χ2n) is 5.87. The van der Waals surface area contributed by atoms with E-state index in [4.69, 9.17) is 4.74 Å². The molecule has 0 fully saturated rings. The molecular formula is C17H20N2O. The maximum Gasteiger partial charge on any atom is 0.122 e. The summed E-state index contributed by atoms with van der Waals surface area (Å²) in [6.07, 6.45) is 6.48. The summed E-state index contributed by atoms with van der Waals surface area (Å²) in [6, 6.07) is 7.18. The Labute approximate surface area is 119 Å². The fraction of sp³-hybridized carbons (Fsp3) is 0.412. The van der Waals surface area contributed by atoms with Gasteiger partial charge in [-0.2, -0.15) is 0 Å². The quantitative estimate of drug-likeness (QED) is 0.906. The van der Waals surface area contributed by atoms with Crippen LogP contribution in [-0.2, 0) is 19.4 Å². The van der Waals surface area contributed by atoms with E-state index in [1.165, 1.54) is 22.3 Å². The molecule has 1 N–H and O–H groups in total. The number of hydrogen-bond donors (Lipinski definition) is 1. The average molecular weight is 268 g/mol. The van der Waals surface area contributed by atoms with Crippen LogP contribution in [0, 0.1) is 0 Å². The molecule has 4 rings (SSSR count). The van der Waals surface area contributed by atoms with E-state index < -0.39 is 0 Å². The number of ether oxygens (including phenoxy) is 1. The Morgan fingerprint density at radius 3 is 3.00 bits per heavy atom. The van der Waals surface area contributed by atoms with Crippen LogP contribution in [0.15, 0.2) is 30.6 Å². The lowest BCUT2D eigenvalue weighted by Gasteiger charge is -2.32. The van der Waals surface area contributed by atoms with Crippen molar-refractivity contribution in [1.82, 2.24) is 9.88 Å². The number of nitrogens with zero attached hydrogens (tertiary/aromatic N) is 1. The number of benzene rings is 1. The van der Waals surface area contributed by atoms with E-state index in [2.05, 4.69) is 47.4 Å². The lowest BCUT2D eigenvalue weighted by atomic mass is 9.99. The third-order valence-corrected chi connectivity index (χ3v) is 4.72. The van der Waals surface area contributed by atoms with Crippen LogP contribution in [-0.4, -0.2) is 23.0 Å². The van der Waals surface area contributed by atoms with E-state index >= 15 is 0 Å². The molecule has 2 aromatic rings. The summed E-state index contributed by atoms with van der Waals surface area (Å²) in [6.45, 7) is 5.31. The highest BCUT2D eigenvalue weighted by atomic mass is 16.5. The van der Waals surface area contributed by atoms with Crippen LogP contribution in [0.3, 0.4) is 0 Å². The molecule has 0 aliphatic carbocycles. The Morgan fingerprint density at radius 2 is 2.05 bits per heavy atom. The van der Waals surface area contributed by atoms with Crippen molar-refractivity contribution < 1.29 is 4.74 Å². The van der Waals surface area contributed by atoms with Crippen molar-refractivity contribution in [1.29, 1.82) is 0 Å². The Balaban J connectivity index is 1.57. The fourth-order valence-corrected chi connectivity index (χ4v) is 3.35. The maximum absolute atomic E-state index is 5.70. The Kier molecular flexibility index (Phi) is 2.81. The van der Waals surface area contributed by atoms with Crippen molar-refractivity contribution in [3.05, 3.63) is 52.8 Å². The molecule has 0 amide bonds. The van der Waals surface area contributed by atoms with E-state index in [0.717, 1.165) is 38.3 Å². The third-order valence-electron chi connectivity index (χ3n) is 4.72. The van der Waals surface area contributed by atoms with Crippen LogP contribution in [0.1, 0.15) is 35.2 Å². The first kappa shape index (κ1) is 12.0. The molecule has 2 aliphatic rings. The van der Waals surface area contributed by atoms with Gasteiger partial charge in [0.15, 0.2) is 0 Å². The molecule has 3 nitrogen and oxygen atoms in total. The van der Waals surface area contributed by atoms with E-state index in [9.17, 15) is 0 Å². The zero-order valence-electron chi connectivity index (χ0n) is 11.9. The summed E-state index contributed by atoms with van der Waals surface area (Å²) in [5.74, 6) is 1.09. The van der Waals surface area contributed by atoms with Gasteiger partial charge in [-0.15, -0.1) is 0 Å². The number of aromatic nitrogens is 1. The number of fused-ring (bicyclic) bond motifs is 2.